The third kappa shape index (κ3) is 2.25. The normalized spacial score (nSPS) is 12.8. The number of aryl methyl sites for hydroxylation is 2. The smallest absolute Gasteiger partial charge is 0.247 e. The molecule has 0 aliphatic carbocycles. The Morgan fingerprint density at radius 3 is 2.25 bits per heavy atom. The first-order valence-corrected chi connectivity index (χ1v) is 5.56. The fourth-order valence-corrected chi connectivity index (χ4v) is 1.70. The highest BCUT2D eigenvalue weighted by molar-refractivity contribution is 6.20. The molecule has 0 saturated heterocycles. The highest BCUT2D eigenvalue weighted by atomic mass is 35.5. The maximum absolute atomic E-state index is 5.87. The van der Waals surface area contributed by atoms with Gasteiger partial charge in [0.25, 0.3) is 0 Å². The molecule has 16 heavy (non-hydrogen) atoms. The van der Waals surface area contributed by atoms with E-state index < -0.39 is 0 Å². The van der Waals surface area contributed by atoms with Crippen LogP contribution < -0.4 is 0 Å². The Labute approximate surface area is 99.5 Å². The summed E-state index contributed by atoms with van der Waals surface area (Å²) in [6.07, 6.45) is 0. The molecule has 3 nitrogen and oxygen atoms in total. The van der Waals surface area contributed by atoms with Crippen LogP contribution in [-0.2, 0) is 0 Å². The van der Waals surface area contributed by atoms with Crippen molar-refractivity contribution in [1.29, 1.82) is 0 Å². The van der Waals surface area contributed by atoms with Crippen LogP contribution >= 0.6 is 11.6 Å². The van der Waals surface area contributed by atoms with E-state index in [2.05, 4.69) is 16.3 Å². The Bertz CT molecular complexity index is 485. The molecule has 4 heteroatoms. The van der Waals surface area contributed by atoms with Crippen molar-refractivity contribution >= 4 is 11.6 Å². The van der Waals surface area contributed by atoms with Gasteiger partial charge in [0, 0.05) is 5.56 Å². The van der Waals surface area contributed by atoms with Gasteiger partial charge in [0.05, 0.1) is 0 Å². The van der Waals surface area contributed by atoms with E-state index in [0.29, 0.717) is 11.8 Å². The van der Waals surface area contributed by atoms with Crippen molar-refractivity contribution in [2.45, 2.75) is 26.1 Å². The summed E-state index contributed by atoms with van der Waals surface area (Å²) in [5.74, 6) is 0.977. The fraction of sp³-hybridized carbons (Fsp3) is 0.333. The van der Waals surface area contributed by atoms with Crippen molar-refractivity contribution in [3.8, 4) is 11.5 Å². The van der Waals surface area contributed by atoms with Gasteiger partial charge in [-0.3, -0.25) is 0 Å². The van der Waals surface area contributed by atoms with Crippen LogP contribution in [-0.4, -0.2) is 10.2 Å². The molecular formula is C12H13ClN2O. The number of hydrogen-bond acceptors (Lipinski definition) is 3. The Balaban J connectivity index is 2.42. The molecule has 0 saturated carbocycles. The summed E-state index contributed by atoms with van der Waals surface area (Å²) in [5, 5.41) is 7.63. The second-order valence-corrected chi connectivity index (χ2v) is 4.59. The van der Waals surface area contributed by atoms with E-state index in [1.807, 2.05) is 26.0 Å². The minimum absolute atomic E-state index is 0.257. The van der Waals surface area contributed by atoms with Gasteiger partial charge < -0.3 is 4.42 Å². The van der Waals surface area contributed by atoms with Crippen molar-refractivity contribution in [2.24, 2.45) is 0 Å². The van der Waals surface area contributed by atoms with Crippen molar-refractivity contribution < 1.29 is 4.42 Å². The molecule has 1 aromatic heterocycles. The number of nitrogens with zero attached hydrogens (tertiary/aromatic N) is 2. The van der Waals surface area contributed by atoms with E-state index in [4.69, 9.17) is 16.0 Å². The molecule has 0 spiro atoms. The average Bonchev–Trinajstić information content (AvgIpc) is 2.64. The fourth-order valence-electron chi connectivity index (χ4n) is 1.61. The maximum Gasteiger partial charge on any atom is 0.247 e. The van der Waals surface area contributed by atoms with Gasteiger partial charge in [0.1, 0.15) is 5.38 Å². The number of alkyl halides is 1. The van der Waals surface area contributed by atoms with Gasteiger partial charge in [-0.15, -0.1) is 21.8 Å². The van der Waals surface area contributed by atoms with Crippen molar-refractivity contribution in [1.82, 2.24) is 10.2 Å². The summed E-state index contributed by atoms with van der Waals surface area (Å²) in [6, 6.07) is 6.14. The summed E-state index contributed by atoms with van der Waals surface area (Å²) in [4.78, 5) is 0. The van der Waals surface area contributed by atoms with E-state index in [0.717, 1.165) is 5.56 Å². The van der Waals surface area contributed by atoms with E-state index >= 15 is 0 Å². The van der Waals surface area contributed by atoms with Gasteiger partial charge in [-0.25, -0.2) is 0 Å². The molecule has 2 aromatic rings. The standard InChI is InChI=1S/C12H13ClN2O/c1-7-4-8(2)6-10(5-7)12-15-14-11(16-12)9(3)13/h4-6,9H,1-3H3. The Hall–Kier alpha value is -1.35. The third-order valence-electron chi connectivity index (χ3n) is 2.25. The third-order valence-corrected chi connectivity index (χ3v) is 2.44. The molecular weight excluding hydrogens is 224 g/mol. The molecule has 1 heterocycles. The summed E-state index contributed by atoms with van der Waals surface area (Å²) in [5.41, 5.74) is 3.29. The summed E-state index contributed by atoms with van der Waals surface area (Å²) >= 11 is 5.87. The number of benzene rings is 1. The predicted molar refractivity (Wildman–Crippen MR) is 63.5 cm³/mol. The molecule has 2 rings (SSSR count). The number of hydrogen-bond donors (Lipinski definition) is 0. The first kappa shape index (κ1) is 11.1. The van der Waals surface area contributed by atoms with Crippen molar-refractivity contribution in [3.63, 3.8) is 0 Å². The number of aromatic nitrogens is 2. The van der Waals surface area contributed by atoms with Crippen LogP contribution in [0.15, 0.2) is 22.6 Å². The topological polar surface area (TPSA) is 38.9 Å². The zero-order valence-electron chi connectivity index (χ0n) is 9.49. The van der Waals surface area contributed by atoms with Gasteiger partial charge in [0.2, 0.25) is 11.8 Å². The van der Waals surface area contributed by atoms with E-state index in [9.17, 15) is 0 Å². The summed E-state index contributed by atoms with van der Waals surface area (Å²) in [6.45, 7) is 5.89. The first-order chi connectivity index (χ1) is 7.56. The van der Waals surface area contributed by atoms with Crippen molar-refractivity contribution in [2.75, 3.05) is 0 Å². The molecule has 0 aliphatic heterocycles. The van der Waals surface area contributed by atoms with Crippen LogP contribution in [0.4, 0.5) is 0 Å². The van der Waals surface area contributed by atoms with E-state index in [1.165, 1.54) is 11.1 Å². The highest BCUT2D eigenvalue weighted by Gasteiger charge is 2.12. The minimum Gasteiger partial charge on any atom is -0.419 e. The highest BCUT2D eigenvalue weighted by Crippen LogP contribution is 2.24. The lowest BCUT2D eigenvalue weighted by molar-refractivity contribution is 0.507. The van der Waals surface area contributed by atoms with Gasteiger partial charge in [-0.1, -0.05) is 17.2 Å². The second-order valence-electron chi connectivity index (χ2n) is 3.94. The van der Waals surface area contributed by atoms with Crippen LogP contribution in [0.2, 0.25) is 0 Å². The lowest BCUT2D eigenvalue weighted by Crippen LogP contribution is -1.82. The molecule has 1 atom stereocenters. The largest absolute Gasteiger partial charge is 0.419 e. The van der Waals surface area contributed by atoms with Gasteiger partial charge in [0.15, 0.2) is 0 Å². The van der Waals surface area contributed by atoms with Gasteiger partial charge in [-0.2, -0.15) is 0 Å². The van der Waals surface area contributed by atoms with Crippen LogP contribution in [0.1, 0.15) is 29.3 Å². The lowest BCUT2D eigenvalue weighted by Gasteiger charge is -2.00. The van der Waals surface area contributed by atoms with Crippen LogP contribution in [0, 0.1) is 13.8 Å². The molecule has 0 aliphatic rings. The molecule has 84 valence electrons. The lowest BCUT2D eigenvalue weighted by atomic mass is 10.1. The first-order valence-electron chi connectivity index (χ1n) is 5.12. The van der Waals surface area contributed by atoms with E-state index in [1.54, 1.807) is 6.92 Å². The van der Waals surface area contributed by atoms with Crippen LogP contribution in [0.5, 0.6) is 0 Å². The second kappa shape index (κ2) is 4.26. The average molecular weight is 237 g/mol. The molecule has 0 bridgehead atoms. The molecule has 0 amide bonds. The SMILES string of the molecule is Cc1cc(C)cc(-c2nnc(C(C)Cl)o2)c1. The summed E-state index contributed by atoms with van der Waals surface area (Å²) in [7, 11) is 0. The molecule has 1 aromatic carbocycles. The van der Waals surface area contributed by atoms with Crippen molar-refractivity contribution in [3.05, 3.63) is 35.2 Å². The maximum atomic E-state index is 5.87. The minimum atomic E-state index is -0.257. The quantitative estimate of drug-likeness (QED) is 0.747. The van der Waals surface area contributed by atoms with Gasteiger partial charge >= 0.3 is 0 Å². The number of rotatable bonds is 2. The zero-order chi connectivity index (χ0) is 11.7. The number of halogens is 1. The Kier molecular flexibility index (Phi) is 2.97. The molecule has 0 radical (unpaired) electrons. The molecule has 0 N–H and O–H groups in total. The zero-order valence-corrected chi connectivity index (χ0v) is 10.2. The monoisotopic (exact) mass is 236 g/mol. The van der Waals surface area contributed by atoms with E-state index in [-0.39, 0.29) is 5.38 Å². The van der Waals surface area contributed by atoms with Gasteiger partial charge in [-0.05, 0) is 32.9 Å². The molecule has 1 unspecified atom stereocenters. The molecule has 0 fully saturated rings. The Morgan fingerprint density at radius 2 is 1.75 bits per heavy atom. The van der Waals surface area contributed by atoms with Crippen LogP contribution in [0.3, 0.4) is 0 Å². The summed E-state index contributed by atoms with van der Waals surface area (Å²) < 4.78 is 5.49. The van der Waals surface area contributed by atoms with Crippen LogP contribution in [0.25, 0.3) is 11.5 Å². The predicted octanol–water partition coefficient (Wildman–Crippen LogP) is 3.65. The Morgan fingerprint density at radius 1 is 1.12 bits per heavy atom.